The van der Waals surface area contributed by atoms with Gasteiger partial charge in [-0.05, 0) is 45.2 Å². The zero-order chi connectivity index (χ0) is 15.9. The molecule has 1 saturated heterocycles. The van der Waals surface area contributed by atoms with Crippen LogP contribution in [0.25, 0.3) is 0 Å². The number of nitro groups is 1. The van der Waals surface area contributed by atoms with Crippen molar-refractivity contribution in [3.8, 4) is 0 Å². The summed E-state index contributed by atoms with van der Waals surface area (Å²) < 4.78 is 0. The Bertz CT molecular complexity index is 610. The van der Waals surface area contributed by atoms with Crippen LogP contribution in [0.15, 0.2) is 12.1 Å². The lowest BCUT2D eigenvalue weighted by atomic mass is 9.99. The Morgan fingerprint density at radius 3 is 2.48 bits per heavy atom. The average Bonchev–Trinajstić information content (AvgIpc) is 2.57. The number of carbonyl (C=O) groups is 1. The molecule has 21 heavy (non-hydrogen) atoms. The van der Waals surface area contributed by atoms with Crippen LogP contribution in [0.5, 0.6) is 0 Å². The fourth-order valence-corrected chi connectivity index (χ4v) is 2.69. The number of hydrogen-bond acceptors (Lipinski definition) is 4. The molecule has 1 aromatic rings. The number of nitrogens with one attached hydrogen (secondary N) is 1. The zero-order valence-electron chi connectivity index (χ0n) is 13.1. The number of nitrogens with zero attached hydrogens (tertiary/aromatic N) is 2. The van der Waals surface area contributed by atoms with Crippen LogP contribution in [0.1, 0.15) is 30.5 Å². The Labute approximate surface area is 124 Å². The minimum atomic E-state index is -0.395. The molecule has 2 rings (SSSR count). The fourth-order valence-electron chi connectivity index (χ4n) is 2.69. The summed E-state index contributed by atoms with van der Waals surface area (Å²) in [7, 11) is 1.76. The Morgan fingerprint density at radius 2 is 2.00 bits per heavy atom. The molecule has 1 aliphatic heterocycles. The van der Waals surface area contributed by atoms with Gasteiger partial charge in [0.2, 0.25) is 5.91 Å². The first-order valence-corrected chi connectivity index (χ1v) is 6.93. The van der Waals surface area contributed by atoms with Crippen LogP contribution in [0.2, 0.25) is 0 Å². The highest BCUT2D eigenvalue weighted by Gasteiger charge is 2.41. The summed E-state index contributed by atoms with van der Waals surface area (Å²) in [6, 6.07) is 3.15. The third-order valence-electron chi connectivity index (χ3n) is 4.33. The van der Waals surface area contributed by atoms with Gasteiger partial charge in [-0.25, -0.2) is 0 Å². The second kappa shape index (κ2) is 5.11. The highest BCUT2D eigenvalue weighted by atomic mass is 16.6. The first kappa shape index (κ1) is 15.4. The van der Waals surface area contributed by atoms with Crippen LogP contribution in [0, 0.1) is 24.0 Å². The topological polar surface area (TPSA) is 75.5 Å². The van der Waals surface area contributed by atoms with Crippen molar-refractivity contribution in [2.24, 2.45) is 0 Å². The predicted octanol–water partition coefficient (Wildman–Crippen LogP) is 1.92. The summed E-state index contributed by atoms with van der Waals surface area (Å²) in [4.78, 5) is 24.6. The molecule has 6 nitrogen and oxygen atoms in total. The van der Waals surface area contributed by atoms with Gasteiger partial charge in [-0.2, -0.15) is 0 Å². The van der Waals surface area contributed by atoms with Crippen LogP contribution in [-0.4, -0.2) is 34.5 Å². The van der Waals surface area contributed by atoms with Gasteiger partial charge in [-0.1, -0.05) is 6.07 Å². The van der Waals surface area contributed by atoms with Crippen molar-refractivity contribution >= 4 is 11.6 Å². The second-order valence-electron chi connectivity index (χ2n) is 6.17. The molecule has 1 amide bonds. The van der Waals surface area contributed by atoms with E-state index in [0.717, 1.165) is 11.1 Å². The van der Waals surface area contributed by atoms with E-state index >= 15 is 0 Å². The molecule has 1 unspecified atom stereocenters. The van der Waals surface area contributed by atoms with Gasteiger partial charge >= 0.3 is 0 Å². The number of carbonyl (C=O) groups excluding carboxylic acids is 1. The van der Waals surface area contributed by atoms with Gasteiger partial charge in [0.15, 0.2) is 0 Å². The maximum Gasteiger partial charge on any atom is 0.272 e. The number of likely N-dealkylation sites (N-methyl/N-ethyl adjacent to an activating group) is 1. The summed E-state index contributed by atoms with van der Waals surface area (Å²) in [6.07, 6.45) is 0.453. The number of benzene rings is 1. The zero-order valence-corrected chi connectivity index (χ0v) is 13.1. The van der Waals surface area contributed by atoms with Gasteiger partial charge in [0.05, 0.1) is 16.6 Å². The van der Waals surface area contributed by atoms with E-state index in [9.17, 15) is 14.9 Å². The molecule has 0 saturated carbocycles. The number of hydrogen-bond donors (Lipinski definition) is 1. The van der Waals surface area contributed by atoms with E-state index in [1.54, 1.807) is 24.9 Å². The number of rotatable bonds is 3. The minimum absolute atomic E-state index is 0.0147. The highest BCUT2D eigenvalue weighted by Crippen LogP contribution is 2.26. The smallest absolute Gasteiger partial charge is 0.272 e. The molecule has 0 aliphatic carbocycles. The van der Waals surface area contributed by atoms with Crippen molar-refractivity contribution in [3.05, 3.63) is 38.9 Å². The maximum atomic E-state index is 12.2. The standard InChI is InChI=1S/C15H21N3O3/c1-9-6-11(8-13(10(9)2)18(20)21)7-12-14(19)17(5)15(3,4)16-12/h6,8,12,16H,7H2,1-5H3. The summed E-state index contributed by atoms with van der Waals surface area (Å²) >= 11 is 0. The monoisotopic (exact) mass is 291 g/mol. The van der Waals surface area contributed by atoms with E-state index in [0.29, 0.717) is 12.0 Å². The SMILES string of the molecule is Cc1cc(CC2NC(C)(C)N(C)C2=O)cc([N+](=O)[O-])c1C. The van der Waals surface area contributed by atoms with Crippen molar-refractivity contribution in [2.75, 3.05) is 7.05 Å². The van der Waals surface area contributed by atoms with Crippen LogP contribution in [0.4, 0.5) is 5.69 Å². The second-order valence-corrected chi connectivity index (χ2v) is 6.17. The molecule has 1 heterocycles. The van der Waals surface area contributed by atoms with Crippen LogP contribution >= 0.6 is 0 Å². The first-order chi connectivity index (χ1) is 9.63. The third kappa shape index (κ3) is 2.76. The van der Waals surface area contributed by atoms with Gasteiger partial charge in [0, 0.05) is 18.7 Å². The number of nitro benzene ring substituents is 1. The van der Waals surface area contributed by atoms with Crippen LogP contribution in [0.3, 0.4) is 0 Å². The molecule has 1 aromatic carbocycles. The Hall–Kier alpha value is -1.95. The summed E-state index contributed by atoms with van der Waals surface area (Å²) in [5, 5.41) is 14.4. The van der Waals surface area contributed by atoms with E-state index in [1.165, 1.54) is 0 Å². The molecule has 1 N–H and O–H groups in total. The Kier molecular flexibility index (Phi) is 3.76. The molecule has 114 valence electrons. The van der Waals surface area contributed by atoms with Gasteiger partial charge in [-0.15, -0.1) is 0 Å². The van der Waals surface area contributed by atoms with E-state index < -0.39 is 5.66 Å². The van der Waals surface area contributed by atoms with Crippen LogP contribution in [-0.2, 0) is 11.2 Å². The number of aryl methyl sites for hydroxylation is 1. The average molecular weight is 291 g/mol. The van der Waals surface area contributed by atoms with E-state index in [1.807, 2.05) is 26.8 Å². The molecule has 1 atom stereocenters. The molecule has 6 heteroatoms. The summed E-state index contributed by atoms with van der Waals surface area (Å²) in [5.74, 6) is 0.0147. The van der Waals surface area contributed by atoms with Crippen LogP contribution < -0.4 is 5.32 Å². The van der Waals surface area contributed by atoms with Gasteiger partial charge in [0.1, 0.15) is 0 Å². The molecule has 1 fully saturated rings. The lowest BCUT2D eigenvalue weighted by Gasteiger charge is -2.27. The lowest BCUT2D eigenvalue weighted by molar-refractivity contribution is -0.385. The minimum Gasteiger partial charge on any atom is -0.327 e. The molecule has 0 bridgehead atoms. The lowest BCUT2D eigenvalue weighted by Crippen LogP contribution is -2.45. The molecule has 1 aliphatic rings. The quantitative estimate of drug-likeness (QED) is 0.682. The van der Waals surface area contributed by atoms with E-state index in [2.05, 4.69) is 5.32 Å². The predicted molar refractivity (Wildman–Crippen MR) is 80.0 cm³/mol. The van der Waals surface area contributed by atoms with Gasteiger partial charge < -0.3 is 4.90 Å². The molecule has 0 aromatic heterocycles. The largest absolute Gasteiger partial charge is 0.327 e. The van der Waals surface area contributed by atoms with Crippen molar-refractivity contribution in [1.82, 2.24) is 10.2 Å². The van der Waals surface area contributed by atoms with Gasteiger partial charge in [-0.3, -0.25) is 20.2 Å². The number of amides is 1. The van der Waals surface area contributed by atoms with Crippen molar-refractivity contribution in [1.29, 1.82) is 0 Å². The van der Waals surface area contributed by atoms with Crippen molar-refractivity contribution in [2.45, 2.75) is 45.8 Å². The Balaban J connectivity index is 2.29. The van der Waals surface area contributed by atoms with Crippen molar-refractivity contribution < 1.29 is 9.72 Å². The Morgan fingerprint density at radius 1 is 1.38 bits per heavy atom. The summed E-state index contributed by atoms with van der Waals surface area (Å²) in [5.41, 5.74) is 2.07. The maximum absolute atomic E-state index is 12.2. The molecule has 0 spiro atoms. The summed E-state index contributed by atoms with van der Waals surface area (Å²) in [6.45, 7) is 7.47. The molecule has 0 radical (unpaired) electrons. The fraction of sp³-hybridized carbons (Fsp3) is 0.533. The van der Waals surface area contributed by atoms with Gasteiger partial charge in [0.25, 0.3) is 5.69 Å². The van der Waals surface area contributed by atoms with Crippen molar-refractivity contribution in [3.63, 3.8) is 0 Å². The normalized spacial score (nSPS) is 20.9. The van der Waals surface area contributed by atoms with E-state index in [-0.39, 0.29) is 22.6 Å². The molecular formula is C15H21N3O3. The highest BCUT2D eigenvalue weighted by molar-refractivity contribution is 5.85. The molecular weight excluding hydrogens is 270 g/mol. The third-order valence-corrected chi connectivity index (χ3v) is 4.33. The van der Waals surface area contributed by atoms with E-state index in [4.69, 9.17) is 0 Å². The first-order valence-electron chi connectivity index (χ1n) is 6.93.